The molecule has 5 nitrogen and oxygen atoms in total. The SMILES string of the molecule is CN1C(=N)N[C@](C)(c2cccc(-c3cncc(F)c3)c2)[C@H](c2ccc(C3CC3)cc2)C1=O. The normalized spacial score (nSPS) is 23.2. The molecule has 1 amide bonds. The molecule has 1 saturated heterocycles. The summed E-state index contributed by atoms with van der Waals surface area (Å²) in [6.45, 7) is 1.95. The molecule has 5 rings (SSSR count). The summed E-state index contributed by atoms with van der Waals surface area (Å²) >= 11 is 0. The van der Waals surface area contributed by atoms with Crippen molar-refractivity contribution in [3.8, 4) is 11.1 Å². The van der Waals surface area contributed by atoms with E-state index in [0.717, 1.165) is 16.7 Å². The number of pyridine rings is 1. The van der Waals surface area contributed by atoms with Crippen molar-refractivity contribution in [1.29, 1.82) is 5.41 Å². The Balaban J connectivity index is 1.59. The van der Waals surface area contributed by atoms with E-state index in [9.17, 15) is 9.18 Å². The van der Waals surface area contributed by atoms with Crippen LogP contribution in [0.1, 0.15) is 48.3 Å². The quantitative estimate of drug-likeness (QED) is 0.630. The molecule has 162 valence electrons. The lowest BCUT2D eigenvalue weighted by molar-refractivity contribution is -0.131. The van der Waals surface area contributed by atoms with Gasteiger partial charge >= 0.3 is 0 Å². The van der Waals surface area contributed by atoms with E-state index in [1.54, 1.807) is 13.2 Å². The van der Waals surface area contributed by atoms with Gasteiger partial charge < -0.3 is 5.32 Å². The first-order valence-electron chi connectivity index (χ1n) is 10.8. The monoisotopic (exact) mass is 428 g/mol. The molecule has 0 unspecified atom stereocenters. The molecule has 1 aliphatic heterocycles. The van der Waals surface area contributed by atoms with E-state index in [2.05, 4.69) is 22.4 Å². The Kier molecular flexibility index (Phi) is 4.81. The standard InChI is InChI=1S/C26H25FN4O/c1-26(21-5-3-4-19(12-21)20-13-22(27)15-29-14-20)23(24(32)31(2)25(28)30-26)18-10-8-17(9-11-18)16-6-7-16/h3-5,8-16,23H,6-7H2,1-2H3,(H2,28,30)/t23-,26-/m1/s1. The lowest BCUT2D eigenvalue weighted by Crippen LogP contribution is -2.62. The topological polar surface area (TPSA) is 69.1 Å². The molecule has 0 spiro atoms. The van der Waals surface area contributed by atoms with E-state index < -0.39 is 17.3 Å². The van der Waals surface area contributed by atoms with E-state index in [1.807, 2.05) is 43.3 Å². The first kappa shape index (κ1) is 20.4. The van der Waals surface area contributed by atoms with Gasteiger partial charge in [-0.15, -0.1) is 0 Å². The lowest BCUT2D eigenvalue weighted by Gasteiger charge is -2.46. The van der Waals surface area contributed by atoms with Crippen LogP contribution in [-0.4, -0.2) is 28.8 Å². The van der Waals surface area contributed by atoms with Crippen LogP contribution in [0.5, 0.6) is 0 Å². The Morgan fingerprint density at radius 2 is 1.78 bits per heavy atom. The van der Waals surface area contributed by atoms with Crippen molar-refractivity contribution in [2.24, 2.45) is 0 Å². The highest BCUT2D eigenvalue weighted by molar-refractivity contribution is 6.02. The van der Waals surface area contributed by atoms with Gasteiger partial charge in [-0.2, -0.15) is 0 Å². The first-order valence-corrected chi connectivity index (χ1v) is 10.8. The fraction of sp³-hybridized carbons (Fsp3) is 0.269. The molecule has 2 N–H and O–H groups in total. The number of hydrogen-bond donors (Lipinski definition) is 2. The second kappa shape index (κ2) is 7.55. The molecule has 1 saturated carbocycles. The number of guanidine groups is 1. The van der Waals surface area contributed by atoms with E-state index in [1.165, 1.54) is 35.6 Å². The van der Waals surface area contributed by atoms with Gasteiger partial charge in [-0.25, -0.2) is 4.39 Å². The minimum atomic E-state index is -0.849. The minimum absolute atomic E-state index is 0.0566. The number of halogens is 1. The third-order valence-electron chi connectivity index (χ3n) is 6.69. The zero-order valence-corrected chi connectivity index (χ0v) is 18.1. The molecule has 0 bridgehead atoms. The number of hydrogen-bond acceptors (Lipinski definition) is 3. The van der Waals surface area contributed by atoms with Crippen molar-refractivity contribution in [2.45, 2.75) is 37.1 Å². The molecule has 2 aliphatic rings. The van der Waals surface area contributed by atoms with Crippen LogP contribution in [0.4, 0.5) is 4.39 Å². The molecule has 32 heavy (non-hydrogen) atoms. The van der Waals surface area contributed by atoms with Crippen LogP contribution in [0.15, 0.2) is 67.0 Å². The van der Waals surface area contributed by atoms with Crippen LogP contribution in [0, 0.1) is 11.2 Å². The van der Waals surface area contributed by atoms with Crippen molar-refractivity contribution in [3.63, 3.8) is 0 Å². The van der Waals surface area contributed by atoms with E-state index >= 15 is 0 Å². The maximum absolute atomic E-state index is 13.8. The van der Waals surface area contributed by atoms with Gasteiger partial charge in [0.25, 0.3) is 0 Å². The number of nitrogens with zero attached hydrogens (tertiary/aromatic N) is 2. The van der Waals surface area contributed by atoms with Gasteiger partial charge in [-0.1, -0.05) is 42.5 Å². The number of benzene rings is 2. The Morgan fingerprint density at radius 1 is 1.06 bits per heavy atom. The maximum atomic E-state index is 13.8. The van der Waals surface area contributed by atoms with Crippen LogP contribution in [0.2, 0.25) is 0 Å². The maximum Gasteiger partial charge on any atom is 0.239 e. The van der Waals surface area contributed by atoms with Crippen molar-refractivity contribution in [1.82, 2.24) is 15.2 Å². The number of rotatable bonds is 4. The van der Waals surface area contributed by atoms with Gasteiger partial charge in [0.2, 0.25) is 5.91 Å². The minimum Gasteiger partial charge on any atom is -0.346 e. The Morgan fingerprint density at radius 3 is 2.47 bits per heavy atom. The third kappa shape index (κ3) is 3.45. The summed E-state index contributed by atoms with van der Waals surface area (Å²) in [5.74, 6) is -0.352. The summed E-state index contributed by atoms with van der Waals surface area (Å²) in [6.07, 6.45) is 5.24. The summed E-state index contributed by atoms with van der Waals surface area (Å²) in [5, 5.41) is 11.6. The van der Waals surface area contributed by atoms with Crippen LogP contribution in [-0.2, 0) is 10.3 Å². The second-order valence-corrected chi connectivity index (χ2v) is 8.92. The number of carbonyl (C=O) groups excluding carboxylic acids is 1. The van der Waals surface area contributed by atoms with Gasteiger partial charge in [0, 0.05) is 18.8 Å². The molecule has 6 heteroatoms. The van der Waals surface area contributed by atoms with Crippen LogP contribution >= 0.6 is 0 Å². The highest BCUT2D eigenvalue weighted by Gasteiger charge is 2.48. The fourth-order valence-electron chi connectivity index (χ4n) is 4.64. The Labute approximate surface area is 186 Å². The molecular weight excluding hydrogens is 403 g/mol. The van der Waals surface area contributed by atoms with Gasteiger partial charge in [-0.3, -0.25) is 20.1 Å². The third-order valence-corrected chi connectivity index (χ3v) is 6.69. The summed E-state index contributed by atoms with van der Waals surface area (Å²) in [5.41, 5.74) is 3.69. The lowest BCUT2D eigenvalue weighted by atomic mass is 9.73. The Hall–Kier alpha value is -3.54. The van der Waals surface area contributed by atoms with E-state index in [4.69, 9.17) is 5.41 Å². The van der Waals surface area contributed by atoms with Crippen molar-refractivity contribution in [2.75, 3.05) is 7.05 Å². The fourth-order valence-corrected chi connectivity index (χ4v) is 4.64. The first-order chi connectivity index (χ1) is 15.4. The molecule has 2 fully saturated rings. The van der Waals surface area contributed by atoms with Crippen molar-refractivity contribution < 1.29 is 9.18 Å². The number of amides is 1. The average molecular weight is 429 g/mol. The van der Waals surface area contributed by atoms with Crippen molar-refractivity contribution in [3.05, 3.63) is 89.5 Å². The van der Waals surface area contributed by atoms with Gasteiger partial charge in [0.1, 0.15) is 5.82 Å². The average Bonchev–Trinajstić information content (AvgIpc) is 3.64. The smallest absolute Gasteiger partial charge is 0.239 e. The summed E-state index contributed by atoms with van der Waals surface area (Å²) in [7, 11) is 1.62. The van der Waals surface area contributed by atoms with Crippen LogP contribution in [0.3, 0.4) is 0 Å². The number of carbonyl (C=O) groups is 1. The van der Waals surface area contributed by atoms with Crippen molar-refractivity contribution >= 4 is 11.9 Å². The molecule has 0 radical (unpaired) electrons. The molecule has 3 aromatic rings. The zero-order valence-electron chi connectivity index (χ0n) is 18.1. The molecular formula is C26H25FN4O. The number of nitrogens with one attached hydrogen (secondary N) is 2. The van der Waals surface area contributed by atoms with Crippen LogP contribution < -0.4 is 5.32 Å². The predicted octanol–water partition coefficient (Wildman–Crippen LogP) is 4.76. The summed E-state index contributed by atoms with van der Waals surface area (Å²) in [4.78, 5) is 18.8. The largest absolute Gasteiger partial charge is 0.346 e. The molecule has 2 heterocycles. The molecule has 1 aliphatic carbocycles. The summed E-state index contributed by atoms with van der Waals surface area (Å²) in [6, 6.07) is 17.4. The zero-order chi connectivity index (χ0) is 22.5. The molecule has 2 atom stereocenters. The summed E-state index contributed by atoms with van der Waals surface area (Å²) < 4.78 is 13.8. The molecule has 2 aromatic carbocycles. The van der Waals surface area contributed by atoms with Crippen LogP contribution in [0.25, 0.3) is 11.1 Å². The second-order valence-electron chi connectivity index (χ2n) is 8.92. The van der Waals surface area contributed by atoms with Gasteiger partial charge in [0.05, 0.1) is 17.7 Å². The van der Waals surface area contributed by atoms with E-state index in [-0.39, 0.29) is 11.9 Å². The molecule has 1 aromatic heterocycles. The number of likely N-dealkylation sites (N-methyl/N-ethyl adjacent to an activating group) is 1. The Bertz CT molecular complexity index is 1200. The van der Waals surface area contributed by atoms with E-state index in [0.29, 0.717) is 11.5 Å². The predicted molar refractivity (Wildman–Crippen MR) is 122 cm³/mol. The van der Waals surface area contributed by atoms with Gasteiger partial charge in [-0.05, 0) is 60.1 Å². The number of aromatic nitrogens is 1. The van der Waals surface area contributed by atoms with Gasteiger partial charge in [0.15, 0.2) is 5.96 Å². The highest BCUT2D eigenvalue weighted by Crippen LogP contribution is 2.44. The highest BCUT2D eigenvalue weighted by atomic mass is 19.1.